The highest BCUT2D eigenvalue weighted by atomic mass is 35.5. The molecule has 37 heavy (non-hydrogen) atoms. The van der Waals surface area contributed by atoms with Gasteiger partial charge in [-0.25, -0.2) is 0 Å². The van der Waals surface area contributed by atoms with Crippen molar-refractivity contribution >= 4 is 35.0 Å². The van der Waals surface area contributed by atoms with E-state index in [0.717, 1.165) is 5.57 Å². The third-order valence-electron chi connectivity index (χ3n) is 9.78. The number of carbonyl (C=O) groups excluding carboxylic acids is 3. The van der Waals surface area contributed by atoms with Crippen LogP contribution in [0.15, 0.2) is 29.0 Å². The minimum atomic E-state index is -1.54. The Labute approximate surface area is 223 Å². The molecule has 4 aliphatic carbocycles. The fourth-order valence-corrected chi connectivity index (χ4v) is 8.61. The Morgan fingerprint density at radius 3 is 2.49 bits per heavy atom. The second-order valence-corrected chi connectivity index (χ2v) is 12.1. The second kappa shape index (κ2) is 9.84. The van der Waals surface area contributed by atoms with E-state index >= 15 is 0 Å². The van der Waals surface area contributed by atoms with E-state index in [-0.39, 0.29) is 48.3 Å². The molecule has 204 valence electrons. The molecule has 9 atom stereocenters. The molecule has 4 aliphatic rings. The zero-order valence-corrected chi connectivity index (χ0v) is 23.0. The second-order valence-electron chi connectivity index (χ2n) is 11.6. The maximum absolute atomic E-state index is 13.9. The van der Waals surface area contributed by atoms with Crippen molar-refractivity contribution in [2.75, 3.05) is 6.61 Å². The van der Waals surface area contributed by atoms with Gasteiger partial charge in [0.1, 0.15) is 5.71 Å². The van der Waals surface area contributed by atoms with Crippen LogP contribution >= 0.6 is 11.6 Å². The van der Waals surface area contributed by atoms with Gasteiger partial charge in [-0.15, -0.1) is 11.6 Å². The van der Waals surface area contributed by atoms with Gasteiger partial charge in [-0.05, 0) is 43.3 Å². The van der Waals surface area contributed by atoms with E-state index in [4.69, 9.17) is 21.1 Å². The van der Waals surface area contributed by atoms with Crippen molar-refractivity contribution < 1.29 is 34.2 Å². The van der Waals surface area contributed by atoms with Crippen LogP contribution in [0.5, 0.6) is 0 Å². The number of hydrogen-bond acceptors (Lipinski definition) is 8. The Kier molecular flexibility index (Phi) is 7.40. The smallest absolute Gasteiger partial charge is 0.306 e. The number of Topliss-reactive ketones (excluding diaryl/α,β-unsaturated/α-hetero) is 1. The Hall–Kier alpha value is -2.19. The first-order valence-corrected chi connectivity index (χ1v) is 13.7. The molecule has 0 spiro atoms. The number of hydrogen-bond donors (Lipinski definition) is 2. The third kappa shape index (κ3) is 4.06. The molecule has 9 heteroatoms. The Morgan fingerprint density at radius 2 is 1.86 bits per heavy atom. The molecule has 0 saturated heterocycles. The topological polar surface area (TPSA) is 122 Å². The summed E-state index contributed by atoms with van der Waals surface area (Å²) in [6.07, 6.45) is 6.32. The molecule has 8 nitrogen and oxygen atoms in total. The number of alkyl halides is 1. The highest BCUT2D eigenvalue weighted by molar-refractivity contribution is 6.21. The number of oxime groups is 1. The summed E-state index contributed by atoms with van der Waals surface area (Å²) < 4.78 is 11.3. The van der Waals surface area contributed by atoms with Crippen molar-refractivity contribution in [1.82, 2.24) is 0 Å². The van der Waals surface area contributed by atoms with Crippen LogP contribution in [0.1, 0.15) is 66.7 Å². The Balaban J connectivity index is 1.79. The van der Waals surface area contributed by atoms with Gasteiger partial charge in [-0.1, -0.05) is 51.4 Å². The van der Waals surface area contributed by atoms with Crippen LogP contribution in [0.25, 0.3) is 0 Å². The van der Waals surface area contributed by atoms with E-state index in [0.29, 0.717) is 18.6 Å². The van der Waals surface area contributed by atoms with E-state index in [2.05, 4.69) is 12.1 Å². The number of ketones is 1. The maximum atomic E-state index is 13.9. The highest BCUT2D eigenvalue weighted by Crippen LogP contribution is 2.69. The highest BCUT2D eigenvalue weighted by Gasteiger charge is 2.73. The molecule has 0 unspecified atom stereocenters. The van der Waals surface area contributed by atoms with E-state index in [1.165, 1.54) is 0 Å². The number of carbonyl (C=O) groups is 3. The van der Waals surface area contributed by atoms with Gasteiger partial charge in [0.15, 0.2) is 12.2 Å². The molecule has 0 aromatic heterocycles. The summed E-state index contributed by atoms with van der Waals surface area (Å²) in [5.41, 5.74) is -1.51. The number of nitrogens with zero attached hydrogens (tertiary/aromatic N) is 1. The van der Waals surface area contributed by atoms with Crippen molar-refractivity contribution in [1.29, 1.82) is 0 Å². The zero-order chi connectivity index (χ0) is 27.3. The van der Waals surface area contributed by atoms with Gasteiger partial charge in [-0.2, -0.15) is 0 Å². The lowest BCUT2D eigenvalue weighted by Gasteiger charge is -2.61. The van der Waals surface area contributed by atoms with E-state index in [1.54, 1.807) is 19.9 Å². The van der Waals surface area contributed by atoms with Gasteiger partial charge in [0.2, 0.25) is 5.78 Å². The molecule has 3 saturated carbocycles. The van der Waals surface area contributed by atoms with Crippen LogP contribution in [-0.4, -0.2) is 57.4 Å². The van der Waals surface area contributed by atoms with Crippen LogP contribution in [0.4, 0.5) is 0 Å². The minimum absolute atomic E-state index is 0.0930. The minimum Gasteiger partial charge on any atom is -0.457 e. The quantitative estimate of drug-likeness (QED) is 0.226. The lowest BCUT2D eigenvalue weighted by molar-refractivity contribution is -0.205. The molecule has 2 N–H and O–H groups in total. The molecule has 0 aromatic rings. The predicted octanol–water partition coefficient (Wildman–Crippen LogP) is 4.20. The lowest BCUT2D eigenvalue weighted by atomic mass is 9.46. The summed E-state index contributed by atoms with van der Waals surface area (Å²) in [5.74, 6) is -2.33. The zero-order valence-electron chi connectivity index (χ0n) is 22.2. The molecule has 0 aromatic carbocycles. The van der Waals surface area contributed by atoms with Gasteiger partial charge in [0.25, 0.3) is 0 Å². The van der Waals surface area contributed by atoms with Crippen LogP contribution in [0.3, 0.4) is 0 Å². The number of fused-ring (bicyclic) bond motifs is 5. The first kappa shape index (κ1) is 27.8. The summed E-state index contributed by atoms with van der Waals surface area (Å²) in [4.78, 5) is 38.5. The fraction of sp³-hybridized carbons (Fsp3) is 0.714. The number of allylic oxidation sites excluding steroid dienone is 4. The van der Waals surface area contributed by atoms with E-state index in [9.17, 15) is 24.7 Å². The molecule has 3 fully saturated rings. The van der Waals surface area contributed by atoms with Crippen LogP contribution < -0.4 is 0 Å². The number of aliphatic hydroxyl groups is 1. The molecular weight excluding hydrogens is 498 g/mol. The molecular formula is C28H38ClNO7. The monoisotopic (exact) mass is 535 g/mol. The predicted molar refractivity (Wildman–Crippen MR) is 137 cm³/mol. The third-order valence-corrected chi connectivity index (χ3v) is 10.2. The van der Waals surface area contributed by atoms with Crippen LogP contribution in [0.2, 0.25) is 0 Å². The summed E-state index contributed by atoms with van der Waals surface area (Å²) in [5, 5.41) is 24.1. The largest absolute Gasteiger partial charge is 0.457 e. The first-order chi connectivity index (χ1) is 17.4. The fourth-order valence-electron chi connectivity index (χ4n) is 8.11. The van der Waals surface area contributed by atoms with Crippen LogP contribution in [0, 0.1) is 34.5 Å². The maximum Gasteiger partial charge on any atom is 0.306 e. The number of halogens is 1. The molecule has 0 heterocycles. The summed E-state index contributed by atoms with van der Waals surface area (Å²) in [6.45, 7) is 8.74. The van der Waals surface area contributed by atoms with Gasteiger partial charge in [0, 0.05) is 40.9 Å². The van der Waals surface area contributed by atoms with Crippen molar-refractivity contribution in [3.05, 3.63) is 23.8 Å². The van der Waals surface area contributed by atoms with E-state index < -0.39 is 46.9 Å². The summed E-state index contributed by atoms with van der Waals surface area (Å²) in [6, 6.07) is 0. The molecule has 0 aliphatic heterocycles. The number of rotatable bonds is 6. The first-order valence-electron chi connectivity index (χ1n) is 13.2. The van der Waals surface area contributed by atoms with Crippen LogP contribution in [-0.2, 0) is 23.9 Å². The normalized spacial score (nSPS) is 43.3. The SMILES string of the molecule is CCC(=O)OCC(=O)[C@]1(OC(=O)CC)[C@H](C)C[C@H]2[C@H]3[C@H]([C@@H](O)C[C@@]21C)[C@@]1(C)C=C/C(=N/O)C=C1C[C@H]3Cl. The average Bonchev–Trinajstić information content (AvgIpc) is 3.08. The average molecular weight is 536 g/mol. The van der Waals surface area contributed by atoms with Gasteiger partial charge in [0.05, 0.1) is 6.10 Å². The van der Waals surface area contributed by atoms with E-state index in [1.807, 2.05) is 26.0 Å². The summed E-state index contributed by atoms with van der Waals surface area (Å²) in [7, 11) is 0. The molecule has 0 amide bonds. The van der Waals surface area contributed by atoms with Crippen molar-refractivity contribution in [2.45, 2.75) is 83.8 Å². The number of esters is 2. The molecule has 0 bridgehead atoms. The number of aliphatic hydroxyl groups excluding tert-OH is 1. The summed E-state index contributed by atoms with van der Waals surface area (Å²) >= 11 is 7.09. The van der Waals surface area contributed by atoms with Gasteiger partial charge >= 0.3 is 11.9 Å². The van der Waals surface area contributed by atoms with Crippen molar-refractivity contribution in [3.63, 3.8) is 0 Å². The van der Waals surface area contributed by atoms with Crippen molar-refractivity contribution in [2.24, 2.45) is 39.7 Å². The molecule has 0 radical (unpaired) electrons. The molecule has 4 rings (SSSR count). The Bertz CT molecular complexity index is 1070. The van der Waals surface area contributed by atoms with Gasteiger partial charge in [-0.3, -0.25) is 14.4 Å². The Morgan fingerprint density at radius 1 is 1.19 bits per heavy atom. The standard InChI is InChI=1S/C28H38ClNO7/c1-6-22(33)36-14-21(32)28(37-23(34)7-2)15(3)10-18-24-19(29)12-16-11-17(30-35)8-9-26(16,4)25(24)20(31)13-27(18,28)5/h8-9,11,15,18-20,24-25,31,35H,6-7,10,12-14H2,1-5H3/b30-17-/t15-,18+,19-,20+,24-,25+,26+,27+,28-/m1/s1. The van der Waals surface area contributed by atoms with Gasteiger partial charge < -0.3 is 19.8 Å². The van der Waals surface area contributed by atoms with Crippen molar-refractivity contribution in [3.8, 4) is 0 Å². The number of ether oxygens (including phenoxy) is 2. The lowest BCUT2D eigenvalue weighted by Crippen LogP contribution is -2.65.